The van der Waals surface area contributed by atoms with Crippen LogP contribution in [0.5, 0.6) is 0 Å². The van der Waals surface area contributed by atoms with Crippen molar-refractivity contribution in [2.75, 3.05) is 79.3 Å². The van der Waals surface area contributed by atoms with E-state index in [0.717, 1.165) is 38.5 Å². The molecule has 0 aliphatic heterocycles. The molecule has 6 N–H and O–H groups in total. The molecule has 5 atom stereocenters. The minimum absolute atomic E-state index is 0.0659. The standard InChI is InChI=1S/C44H86O15/c1-3-5-7-9-11-13-15-17-19-21-23-43(51)58-31-39(49)28-54-33-41(57-36-42(56-30-38(48)26-46)35-53-27-37(47)25-45)34-55-29-40(50)32-59-44(52)24-22-20-18-16-14-12-10-8-6-4-2/h37-42,45-50H,3-36H2,1-2H3. The van der Waals surface area contributed by atoms with Crippen LogP contribution >= 0.6 is 0 Å². The number of hydrogen-bond acceptors (Lipinski definition) is 15. The van der Waals surface area contributed by atoms with Crippen molar-refractivity contribution in [3.63, 3.8) is 0 Å². The largest absolute Gasteiger partial charge is 0.463 e. The number of rotatable bonds is 46. The molecular formula is C44H86O15. The van der Waals surface area contributed by atoms with E-state index in [1.54, 1.807) is 0 Å². The Morgan fingerprint density at radius 3 is 1.05 bits per heavy atom. The van der Waals surface area contributed by atoms with Crippen LogP contribution in [-0.2, 0) is 42.7 Å². The maximum Gasteiger partial charge on any atom is 0.305 e. The van der Waals surface area contributed by atoms with Crippen molar-refractivity contribution in [1.29, 1.82) is 0 Å². The first-order chi connectivity index (χ1) is 28.6. The number of carbonyl (C=O) groups excluding carboxylic acids is 2. The Balaban J connectivity index is 4.75. The van der Waals surface area contributed by atoms with Crippen molar-refractivity contribution in [3.8, 4) is 0 Å². The summed E-state index contributed by atoms with van der Waals surface area (Å²) < 4.78 is 38.8. The summed E-state index contributed by atoms with van der Waals surface area (Å²) in [4.78, 5) is 24.4. The Morgan fingerprint density at radius 2 is 0.678 bits per heavy atom. The van der Waals surface area contributed by atoms with Crippen LogP contribution in [0.2, 0.25) is 0 Å². The van der Waals surface area contributed by atoms with Crippen molar-refractivity contribution in [2.24, 2.45) is 0 Å². The van der Waals surface area contributed by atoms with Crippen LogP contribution in [0, 0.1) is 0 Å². The second-order valence-electron chi connectivity index (χ2n) is 15.7. The highest BCUT2D eigenvalue weighted by Gasteiger charge is 2.20. The summed E-state index contributed by atoms with van der Waals surface area (Å²) in [5, 5.41) is 58.5. The van der Waals surface area contributed by atoms with E-state index < -0.39 is 49.8 Å². The molecule has 0 fully saturated rings. The molecule has 0 aliphatic rings. The molecule has 0 saturated heterocycles. The first-order valence-electron chi connectivity index (χ1n) is 22.9. The average Bonchev–Trinajstić information content (AvgIpc) is 3.23. The second kappa shape index (κ2) is 43.2. The lowest BCUT2D eigenvalue weighted by molar-refractivity contribution is -0.150. The monoisotopic (exact) mass is 855 g/mol. The normalized spacial score (nSPS) is 14.8. The highest BCUT2D eigenvalue weighted by Crippen LogP contribution is 2.13. The second-order valence-corrected chi connectivity index (χ2v) is 15.7. The van der Waals surface area contributed by atoms with E-state index in [-0.39, 0.29) is 78.0 Å². The molecule has 15 nitrogen and oxygen atoms in total. The van der Waals surface area contributed by atoms with Gasteiger partial charge in [0.25, 0.3) is 0 Å². The van der Waals surface area contributed by atoms with Crippen LogP contribution in [0.1, 0.15) is 155 Å². The van der Waals surface area contributed by atoms with Gasteiger partial charge >= 0.3 is 11.9 Å². The Hall–Kier alpha value is -1.50. The SMILES string of the molecule is CCCCCCCCCCCCC(=O)OCC(O)COCC(COCC(O)COC(=O)CCCCCCCCCCCC)OCC(COCC(O)CO)OCC(O)CO. The number of esters is 2. The summed E-state index contributed by atoms with van der Waals surface area (Å²) in [5.41, 5.74) is 0. The Kier molecular flexibility index (Phi) is 42.1. The van der Waals surface area contributed by atoms with Crippen LogP contribution in [0.3, 0.4) is 0 Å². The predicted octanol–water partition coefficient (Wildman–Crippen LogP) is 4.94. The first kappa shape index (κ1) is 57.5. The minimum Gasteiger partial charge on any atom is -0.463 e. The molecule has 15 heteroatoms. The Morgan fingerprint density at radius 1 is 0.373 bits per heavy atom. The number of hydrogen-bond donors (Lipinski definition) is 6. The molecule has 0 amide bonds. The van der Waals surface area contributed by atoms with Gasteiger partial charge in [0.2, 0.25) is 0 Å². The number of unbranched alkanes of at least 4 members (excludes halogenated alkanes) is 18. The molecule has 0 spiro atoms. The van der Waals surface area contributed by atoms with Gasteiger partial charge in [-0.05, 0) is 12.8 Å². The van der Waals surface area contributed by atoms with E-state index in [9.17, 15) is 35.1 Å². The highest BCUT2D eigenvalue weighted by molar-refractivity contribution is 5.69. The van der Waals surface area contributed by atoms with Crippen LogP contribution in [0.25, 0.3) is 0 Å². The lowest BCUT2D eigenvalue weighted by Crippen LogP contribution is -2.37. The molecule has 0 bridgehead atoms. The van der Waals surface area contributed by atoms with Gasteiger partial charge in [0, 0.05) is 12.8 Å². The highest BCUT2D eigenvalue weighted by atomic mass is 16.6. The zero-order valence-corrected chi connectivity index (χ0v) is 36.9. The molecule has 0 aromatic carbocycles. The Labute approximate surface area is 355 Å². The molecule has 0 saturated carbocycles. The van der Waals surface area contributed by atoms with Gasteiger partial charge < -0.3 is 63.8 Å². The fourth-order valence-corrected chi connectivity index (χ4v) is 6.02. The summed E-state index contributed by atoms with van der Waals surface area (Å²) in [6, 6.07) is 0. The van der Waals surface area contributed by atoms with Crippen LogP contribution in [0.4, 0.5) is 0 Å². The van der Waals surface area contributed by atoms with Crippen molar-refractivity contribution in [2.45, 2.75) is 192 Å². The van der Waals surface area contributed by atoms with Gasteiger partial charge in [-0.15, -0.1) is 0 Å². The topological polar surface area (TPSA) is 220 Å². The summed E-state index contributed by atoms with van der Waals surface area (Å²) in [6.07, 6.45) is 17.9. The van der Waals surface area contributed by atoms with Crippen molar-refractivity contribution in [3.05, 3.63) is 0 Å². The van der Waals surface area contributed by atoms with Gasteiger partial charge in [0.15, 0.2) is 0 Å². The molecule has 352 valence electrons. The summed E-state index contributed by atoms with van der Waals surface area (Å²) in [7, 11) is 0. The van der Waals surface area contributed by atoms with Crippen molar-refractivity contribution >= 4 is 11.9 Å². The maximum atomic E-state index is 12.2. The summed E-state index contributed by atoms with van der Waals surface area (Å²) in [5.74, 6) is -0.736. The molecule has 0 radical (unpaired) electrons. The van der Waals surface area contributed by atoms with Gasteiger partial charge in [-0.1, -0.05) is 129 Å². The zero-order chi connectivity index (χ0) is 43.6. The van der Waals surface area contributed by atoms with Crippen LogP contribution < -0.4 is 0 Å². The Bertz CT molecular complexity index is 862. The fourth-order valence-electron chi connectivity index (χ4n) is 6.02. The number of carbonyl (C=O) groups is 2. The number of ether oxygens (including phenoxy) is 7. The van der Waals surface area contributed by atoms with E-state index in [2.05, 4.69) is 13.8 Å². The molecule has 5 unspecified atom stereocenters. The van der Waals surface area contributed by atoms with Crippen molar-refractivity contribution < 1.29 is 73.4 Å². The van der Waals surface area contributed by atoms with Crippen LogP contribution in [-0.4, -0.2) is 158 Å². The van der Waals surface area contributed by atoms with E-state index in [0.29, 0.717) is 12.8 Å². The van der Waals surface area contributed by atoms with E-state index in [1.807, 2.05) is 0 Å². The van der Waals surface area contributed by atoms with Crippen LogP contribution in [0.15, 0.2) is 0 Å². The molecule has 0 rings (SSSR count). The molecule has 0 aromatic rings. The lowest BCUT2D eigenvalue weighted by Gasteiger charge is -2.24. The van der Waals surface area contributed by atoms with Gasteiger partial charge in [-0.25, -0.2) is 0 Å². The average molecular weight is 855 g/mol. The van der Waals surface area contributed by atoms with Gasteiger partial charge in [0.05, 0.1) is 66.1 Å². The molecule has 0 heterocycles. The molecule has 59 heavy (non-hydrogen) atoms. The van der Waals surface area contributed by atoms with Crippen molar-refractivity contribution in [1.82, 2.24) is 0 Å². The first-order valence-corrected chi connectivity index (χ1v) is 22.9. The number of aliphatic hydroxyl groups excluding tert-OH is 6. The molecule has 0 aromatic heterocycles. The van der Waals surface area contributed by atoms with Gasteiger partial charge in [-0.3, -0.25) is 9.59 Å². The molecule has 0 aliphatic carbocycles. The smallest absolute Gasteiger partial charge is 0.305 e. The quantitative estimate of drug-likeness (QED) is 0.0353. The lowest BCUT2D eigenvalue weighted by atomic mass is 10.1. The summed E-state index contributed by atoms with van der Waals surface area (Å²) in [6.45, 7) is 1.97. The minimum atomic E-state index is -1.14. The molecular weight excluding hydrogens is 768 g/mol. The maximum absolute atomic E-state index is 12.2. The van der Waals surface area contributed by atoms with Gasteiger partial charge in [0.1, 0.15) is 49.8 Å². The fraction of sp³-hybridized carbons (Fsp3) is 0.955. The zero-order valence-electron chi connectivity index (χ0n) is 36.9. The van der Waals surface area contributed by atoms with E-state index >= 15 is 0 Å². The van der Waals surface area contributed by atoms with Gasteiger partial charge in [-0.2, -0.15) is 0 Å². The third-order valence-corrected chi connectivity index (χ3v) is 9.65. The van der Waals surface area contributed by atoms with E-state index in [1.165, 1.54) is 89.9 Å². The summed E-state index contributed by atoms with van der Waals surface area (Å²) >= 11 is 0. The number of aliphatic hydroxyl groups is 6. The third kappa shape index (κ3) is 40.3. The third-order valence-electron chi connectivity index (χ3n) is 9.65. The predicted molar refractivity (Wildman–Crippen MR) is 225 cm³/mol. The van der Waals surface area contributed by atoms with E-state index in [4.69, 9.17) is 38.3 Å².